The first kappa shape index (κ1) is 29.4. The van der Waals surface area contributed by atoms with Crippen molar-refractivity contribution in [3.63, 3.8) is 0 Å². The summed E-state index contributed by atoms with van der Waals surface area (Å²) in [6, 6.07) is 61.2. The fraction of sp³-hybridized carbons (Fsp3) is 0. The van der Waals surface area contributed by atoms with E-state index in [1.54, 1.807) is 0 Å². The Kier molecular flexibility index (Phi) is 7.45. The van der Waals surface area contributed by atoms with E-state index in [-0.39, 0.29) is 0 Å². The van der Waals surface area contributed by atoms with Crippen molar-refractivity contribution in [1.82, 2.24) is 19.9 Å². The second-order valence-electron chi connectivity index (χ2n) is 12.4. The van der Waals surface area contributed by atoms with Gasteiger partial charge in [-0.1, -0.05) is 140 Å². The molecule has 0 amide bonds. The molecule has 0 aliphatic carbocycles. The van der Waals surface area contributed by atoms with Gasteiger partial charge in [0.2, 0.25) is 0 Å². The molecule has 0 spiro atoms. The predicted molar refractivity (Wildman–Crippen MR) is 205 cm³/mol. The van der Waals surface area contributed by atoms with Gasteiger partial charge in [0.05, 0.1) is 5.69 Å². The molecule has 0 atom stereocenters. The van der Waals surface area contributed by atoms with Crippen molar-refractivity contribution in [3.8, 4) is 67.7 Å². The quantitative estimate of drug-likeness (QED) is 0.170. The Labute approximate surface area is 290 Å². The molecule has 0 unspecified atom stereocenters. The summed E-state index contributed by atoms with van der Waals surface area (Å²) in [5.41, 5.74) is 9.21. The standard InChI is InChI=1S/C46H30N4/c1-3-12-34(13-4-1)44-48-45(35-14-5-2-6-15-35)50-46(49-44)40-29-38(31-18-21-33(22-19-31)43-17-9-10-26-47-43)28-39(30-40)36-24-25-42-37(27-36)23-20-32-11-7-8-16-41(32)42/h1-30H. The maximum atomic E-state index is 5.08. The molecule has 9 rings (SSSR count). The van der Waals surface area contributed by atoms with Crippen molar-refractivity contribution in [2.45, 2.75) is 0 Å². The van der Waals surface area contributed by atoms with Gasteiger partial charge >= 0.3 is 0 Å². The molecular weight excluding hydrogens is 609 g/mol. The summed E-state index contributed by atoms with van der Waals surface area (Å²) in [7, 11) is 0. The molecule has 0 saturated carbocycles. The van der Waals surface area contributed by atoms with E-state index < -0.39 is 0 Å². The van der Waals surface area contributed by atoms with E-state index in [0.29, 0.717) is 17.5 Å². The molecule has 9 aromatic rings. The third kappa shape index (κ3) is 5.69. The molecule has 0 bridgehead atoms. The van der Waals surface area contributed by atoms with Crippen LogP contribution < -0.4 is 0 Å². The largest absolute Gasteiger partial charge is 0.256 e. The number of hydrogen-bond acceptors (Lipinski definition) is 4. The first-order valence-corrected chi connectivity index (χ1v) is 16.7. The normalized spacial score (nSPS) is 11.2. The van der Waals surface area contributed by atoms with Crippen LogP contribution in [0.5, 0.6) is 0 Å². The van der Waals surface area contributed by atoms with Crippen LogP contribution in [0, 0.1) is 0 Å². The highest BCUT2D eigenvalue weighted by atomic mass is 15.0. The summed E-state index contributed by atoms with van der Waals surface area (Å²) in [5.74, 6) is 1.90. The Morgan fingerprint density at radius 2 is 0.800 bits per heavy atom. The third-order valence-electron chi connectivity index (χ3n) is 9.15. The van der Waals surface area contributed by atoms with Gasteiger partial charge in [-0.3, -0.25) is 4.98 Å². The lowest BCUT2D eigenvalue weighted by molar-refractivity contribution is 1.07. The molecule has 0 aliphatic rings. The Balaban J connectivity index is 1.23. The second kappa shape index (κ2) is 12.7. The molecule has 2 heterocycles. The van der Waals surface area contributed by atoms with Gasteiger partial charge in [0.15, 0.2) is 17.5 Å². The summed E-state index contributed by atoms with van der Waals surface area (Å²) in [4.78, 5) is 19.6. The van der Waals surface area contributed by atoms with Crippen molar-refractivity contribution in [3.05, 3.63) is 182 Å². The van der Waals surface area contributed by atoms with Crippen LogP contribution in [-0.4, -0.2) is 19.9 Å². The molecular formula is C46H30N4. The van der Waals surface area contributed by atoms with Gasteiger partial charge in [0.25, 0.3) is 0 Å². The van der Waals surface area contributed by atoms with Gasteiger partial charge in [0.1, 0.15) is 0 Å². The van der Waals surface area contributed by atoms with E-state index in [2.05, 4.69) is 102 Å². The Hall–Kier alpha value is -6.78. The summed E-state index contributed by atoms with van der Waals surface area (Å²) >= 11 is 0. The predicted octanol–water partition coefficient (Wildman–Crippen LogP) is 11.6. The van der Waals surface area contributed by atoms with Crippen molar-refractivity contribution >= 4 is 21.5 Å². The first-order chi connectivity index (χ1) is 24.7. The molecule has 0 aliphatic heterocycles. The molecule has 7 aromatic carbocycles. The lowest BCUT2D eigenvalue weighted by atomic mass is 9.93. The van der Waals surface area contributed by atoms with E-state index in [1.165, 1.54) is 21.5 Å². The molecule has 4 nitrogen and oxygen atoms in total. The van der Waals surface area contributed by atoms with Crippen LogP contribution in [0.2, 0.25) is 0 Å². The van der Waals surface area contributed by atoms with Crippen molar-refractivity contribution < 1.29 is 0 Å². The van der Waals surface area contributed by atoms with E-state index in [9.17, 15) is 0 Å². The van der Waals surface area contributed by atoms with E-state index in [4.69, 9.17) is 15.0 Å². The average Bonchev–Trinajstić information content (AvgIpc) is 3.21. The van der Waals surface area contributed by atoms with E-state index in [0.717, 1.165) is 50.2 Å². The van der Waals surface area contributed by atoms with E-state index in [1.807, 2.05) is 85.1 Å². The van der Waals surface area contributed by atoms with Crippen LogP contribution in [0.1, 0.15) is 0 Å². The Morgan fingerprint density at radius 1 is 0.280 bits per heavy atom. The van der Waals surface area contributed by atoms with Crippen LogP contribution in [0.15, 0.2) is 182 Å². The fourth-order valence-corrected chi connectivity index (χ4v) is 6.59. The van der Waals surface area contributed by atoms with Crippen molar-refractivity contribution in [1.29, 1.82) is 0 Å². The monoisotopic (exact) mass is 638 g/mol. The van der Waals surface area contributed by atoms with Gasteiger partial charge < -0.3 is 0 Å². The number of hydrogen-bond donors (Lipinski definition) is 0. The highest BCUT2D eigenvalue weighted by Crippen LogP contribution is 2.36. The smallest absolute Gasteiger partial charge is 0.164 e. The molecule has 50 heavy (non-hydrogen) atoms. The van der Waals surface area contributed by atoms with Crippen LogP contribution in [0.3, 0.4) is 0 Å². The summed E-state index contributed by atoms with van der Waals surface area (Å²) in [6.45, 7) is 0. The first-order valence-electron chi connectivity index (χ1n) is 16.7. The van der Waals surface area contributed by atoms with E-state index >= 15 is 0 Å². The Bertz CT molecular complexity index is 2560. The number of nitrogens with zero attached hydrogens (tertiary/aromatic N) is 4. The molecule has 0 radical (unpaired) electrons. The molecule has 0 N–H and O–H groups in total. The van der Waals surface area contributed by atoms with Crippen LogP contribution in [-0.2, 0) is 0 Å². The zero-order valence-electron chi connectivity index (χ0n) is 27.1. The maximum Gasteiger partial charge on any atom is 0.164 e. The van der Waals surface area contributed by atoms with Crippen LogP contribution >= 0.6 is 0 Å². The molecule has 4 heteroatoms. The molecule has 2 aromatic heterocycles. The zero-order chi connectivity index (χ0) is 33.3. The zero-order valence-corrected chi connectivity index (χ0v) is 27.1. The number of pyridine rings is 1. The minimum atomic E-state index is 0.623. The van der Waals surface area contributed by atoms with Gasteiger partial charge in [-0.15, -0.1) is 0 Å². The molecule has 234 valence electrons. The number of rotatable bonds is 6. The molecule has 0 saturated heterocycles. The lowest BCUT2D eigenvalue weighted by Crippen LogP contribution is -2.00. The SMILES string of the molecule is c1ccc(-c2nc(-c3ccccc3)nc(-c3cc(-c4ccc(-c5ccccn5)cc4)cc(-c4ccc5c(ccc6ccccc65)c4)c3)n2)cc1. The van der Waals surface area contributed by atoms with Crippen molar-refractivity contribution in [2.75, 3.05) is 0 Å². The fourth-order valence-electron chi connectivity index (χ4n) is 6.59. The second-order valence-corrected chi connectivity index (χ2v) is 12.4. The highest BCUT2D eigenvalue weighted by molar-refractivity contribution is 6.08. The van der Waals surface area contributed by atoms with Gasteiger partial charge in [-0.2, -0.15) is 0 Å². The topological polar surface area (TPSA) is 51.6 Å². The van der Waals surface area contributed by atoms with Gasteiger partial charge in [-0.05, 0) is 80.2 Å². The van der Waals surface area contributed by atoms with Crippen LogP contribution in [0.25, 0.3) is 89.2 Å². The minimum Gasteiger partial charge on any atom is -0.256 e. The summed E-state index contributed by atoms with van der Waals surface area (Å²) in [5, 5.41) is 4.94. The lowest BCUT2D eigenvalue weighted by Gasteiger charge is -2.13. The number of aromatic nitrogens is 4. The van der Waals surface area contributed by atoms with Gasteiger partial charge in [0, 0.05) is 28.5 Å². The average molecular weight is 639 g/mol. The summed E-state index contributed by atoms with van der Waals surface area (Å²) < 4.78 is 0. The summed E-state index contributed by atoms with van der Waals surface area (Å²) in [6.07, 6.45) is 1.83. The number of fused-ring (bicyclic) bond motifs is 3. The van der Waals surface area contributed by atoms with Crippen molar-refractivity contribution in [2.24, 2.45) is 0 Å². The van der Waals surface area contributed by atoms with Gasteiger partial charge in [-0.25, -0.2) is 15.0 Å². The minimum absolute atomic E-state index is 0.623. The Morgan fingerprint density at radius 3 is 1.48 bits per heavy atom. The third-order valence-corrected chi connectivity index (χ3v) is 9.15. The maximum absolute atomic E-state index is 5.08. The number of benzene rings is 7. The highest BCUT2D eigenvalue weighted by Gasteiger charge is 2.15. The molecule has 0 fully saturated rings. The van der Waals surface area contributed by atoms with Crippen LogP contribution in [0.4, 0.5) is 0 Å².